The lowest BCUT2D eigenvalue weighted by molar-refractivity contribution is 0.0940. The number of carbonyl (C=O) groups is 1. The summed E-state index contributed by atoms with van der Waals surface area (Å²) in [4.78, 5) is 46.3. The molecule has 4 aromatic rings. The van der Waals surface area contributed by atoms with E-state index in [9.17, 15) is 9.59 Å². The smallest absolute Gasteiger partial charge is 0.326 e. The second-order valence-corrected chi connectivity index (χ2v) is 8.62. The number of aromatic amines is 2. The van der Waals surface area contributed by atoms with Gasteiger partial charge in [-0.3, -0.25) is 9.36 Å². The number of amides is 1. The normalized spacial score (nSPS) is 15.2. The number of imidazole rings is 2. The number of para-hydroxylation sites is 2. The molecule has 3 N–H and O–H groups in total. The number of nitrogens with one attached hydrogen (secondary N) is 3. The predicted octanol–water partition coefficient (Wildman–Crippen LogP) is 2.22. The number of carbonyl (C=O) groups excluding carboxylic acids is 1. The molecular weight excluding hydrogens is 408 g/mol. The second kappa shape index (κ2) is 8.10. The van der Waals surface area contributed by atoms with Gasteiger partial charge in [-0.25, -0.2) is 19.7 Å². The molecule has 0 atom stereocenters. The number of anilines is 1. The lowest BCUT2D eigenvalue weighted by Crippen LogP contribution is -2.37. The van der Waals surface area contributed by atoms with Crippen LogP contribution in [0.5, 0.6) is 0 Å². The molecule has 0 saturated carbocycles. The molecule has 10 heteroatoms. The van der Waals surface area contributed by atoms with Crippen molar-refractivity contribution in [3.63, 3.8) is 0 Å². The van der Waals surface area contributed by atoms with Gasteiger partial charge in [0.05, 0.1) is 11.0 Å². The zero-order chi connectivity index (χ0) is 22.2. The van der Waals surface area contributed by atoms with Gasteiger partial charge in [0.15, 0.2) is 22.8 Å². The van der Waals surface area contributed by atoms with E-state index in [4.69, 9.17) is 0 Å². The van der Waals surface area contributed by atoms with E-state index < -0.39 is 0 Å². The molecule has 1 amide bonds. The topological polar surface area (TPSA) is 125 Å². The van der Waals surface area contributed by atoms with Crippen molar-refractivity contribution in [2.75, 3.05) is 24.5 Å². The van der Waals surface area contributed by atoms with Crippen molar-refractivity contribution < 1.29 is 4.79 Å². The molecule has 0 unspecified atom stereocenters. The van der Waals surface area contributed by atoms with Crippen LogP contribution in [0.3, 0.4) is 0 Å². The maximum absolute atomic E-state index is 12.5. The van der Waals surface area contributed by atoms with Crippen LogP contribution in [0, 0.1) is 5.92 Å². The molecular formula is C22H26N8O2. The van der Waals surface area contributed by atoms with Crippen LogP contribution in [0.2, 0.25) is 0 Å². The van der Waals surface area contributed by atoms with Crippen LogP contribution in [0.15, 0.2) is 35.4 Å². The molecule has 4 heterocycles. The summed E-state index contributed by atoms with van der Waals surface area (Å²) >= 11 is 0. The van der Waals surface area contributed by atoms with Crippen molar-refractivity contribution in [2.24, 2.45) is 5.92 Å². The molecule has 1 aliphatic heterocycles. The van der Waals surface area contributed by atoms with Crippen LogP contribution < -0.4 is 15.9 Å². The summed E-state index contributed by atoms with van der Waals surface area (Å²) in [6, 6.07) is 7.89. The van der Waals surface area contributed by atoms with Gasteiger partial charge in [0, 0.05) is 25.7 Å². The third-order valence-electron chi connectivity index (χ3n) is 5.90. The van der Waals surface area contributed by atoms with Gasteiger partial charge in [0.1, 0.15) is 6.33 Å². The number of nitrogens with zero attached hydrogens (tertiary/aromatic N) is 5. The Morgan fingerprint density at radius 3 is 2.75 bits per heavy atom. The van der Waals surface area contributed by atoms with Gasteiger partial charge < -0.3 is 20.2 Å². The first kappa shape index (κ1) is 20.2. The Hall–Kier alpha value is -3.69. The fourth-order valence-corrected chi connectivity index (χ4v) is 4.31. The summed E-state index contributed by atoms with van der Waals surface area (Å²) < 4.78 is 1.87. The van der Waals surface area contributed by atoms with Gasteiger partial charge in [-0.05, 0) is 30.9 Å². The van der Waals surface area contributed by atoms with E-state index >= 15 is 0 Å². The average molecular weight is 435 g/mol. The Bertz CT molecular complexity index is 1330. The zero-order valence-electron chi connectivity index (χ0n) is 18.1. The lowest BCUT2D eigenvalue weighted by Gasteiger charge is -2.33. The summed E-state index contributed by atoms with van der Waals surface area (Å²) in [6.07, 6.45) is 3.10. The summed E-state index contributed by atoms with van der Waals surface area (Å²) in [5.41, 5.74) is 2.85. The van der Waals surface area contributed by atoms with E-state index in [0.717, 1.165) is 37.0 Å². The first-order valence-corrected chi connectivity index (χ1v) is 10.9. The van der Waals surface area contributed by atoms with Crippen LogP contribution in [-0.2, 0) is 0 Å². The van der Waals surface area contributed by atoms with Gasteiger partial charge >= 0.3 is 5.69 Å². The van der Waals surface area contributed by atoms with Gasteiger partial charge in [0.2, 0.25) is 0 Å². The van der Waals surface area contributed by atoms with Crippen molar-refractivity contribution in [2.45, 2.75) is 32.7 Å². The summed E-state index contributed by atoms with van der Waals surface area (Å²) in [5.74, 6) is 1.05. The lowest BCUT2D eigenvalue weighted by atomic mass is 10.0. The van der Waals surface area contributed by atoms with Crippen molar-refractivity contribution in [1.29, 1.82) is 0 Å². The molecule has 0 spiro atoms. The molecule has 166 valence electrons. The first-order chi connectivity index (χ1) is 15.5. The average Bonchev–Trinajstić information content (AvgIpc) is 3.38. The molecule has 1 saturated heterocycles. The van der Waals surface area contributed by atoms with Crippen molar-refractivity contribution >= 4 is 33.9 Å². The van der Waals surface area contributed by atoms with Gasteiger partial charge in [0.25, 0.3) is 5.91 Å². The van der Waals surface area contributed by atoms with E-state index in [2.05, 4.69) is 35.1 Å². The number of H-pyrrole nitrogens is 2. The molecule has 1 fully saturated rings. The minimum Gasteiger partial charge on any atom is -0.355 e. The number of hydrogen-bond donors (Lipinski definition) is 3. The third-order valence-corrected chi connectivity index (χ3v) is 5.90. The number of rotatable bonds is 5. The molecule has 1 aliphatic rings. The monoisotopic (exact) mass is 434 g/mol. The molecule has 3 aromatic heterocycles. The Balaban J connectivity index is 1.36. The van der Waals surface area contributed by atoms with Gasteiger partial charge in [-0.1, -0.05) is 26.0 Å². The molecule has 0 bridgehead atoms. The number of piperidine rings is 1. The van der Waals surface area contributed by atoms with Crippen LogP contribution in [0.25, 0.3) is 22.2 Å². The van der Waals surface area contributed by atoms with Crippen molar-refractivity contribution in [3.05, 3.63) is 46.9 Å². The highest BCUT2D eigenvalue weighted by Gasteiger charge is 2.26. The van der Waals surface area contributed by atoms with E-state index in [1.165, 1.54) is 6.33 Å². The van der Waals surface area contributed by atoms with Crippen molar-refractivity contribution in [3.8, 4) is 0 Å². The summed E-state index contributed by atoms with van der Waals surface area (Å²) in [5, 5.41) is 2.87. The van der Waals surface area contributed by atoms with Crippen LogP contribution in [0.1, 0.15) is 43.3 Å². The maximum Gasteiger partial charge on any atom is 0.326 e. The fraction of sp³-hybridized carbons (Fsp3) is 0.409. The van der Waals surface area contributed by atoms with Gasteiger partial charge in [-0.15, -0.1) is 0 Å². The Morgan fingerprint density at radius 2 is 1.97 bits per heavy atom. The molecule has 10 nitrogen and oxygen atoms in total. The van der Waals surface area contributed by atoms with E-state index in [0.29, 0.717) is 29.4 Å². The van der Waals surface area contributed by atoms with E-state index in [1.807, 2.05) is 42.7 Å². The van der Waals surface area contributed by atoms with E-state index in [-0.39, 0.29) is 23.5 Å². The maximum atomic E-state index is 12.5. The summed E-state index contributed by atoms with van der Waals surface area (Å²) in [6.45, 7) is 6.11. The fourth-order valence-electron chi connectivity index (χ4n) is 4.31. The highest BCUT2D eigenvalue weighted by Crippen LogP contribution is 2.29. The minimum atomic E-state index is -0.250. The molecule has 5 rings (SSSR count). The van der Waals surface area contributed by atoms with Crippen LogP contribution in [-0.4, -0.2) is 55.0 Å². The Labute approximate surface area is 184 Å². The van der Waals surface area contributed by atoms with Crippen LogP contribution in [0.4, 0.5) is 5.82 Å². The number of benzene rings is 1. The summed E-state index contributed by atoms with van der Waals surface area (Å²) in [7, 11) is 0. The molecule has 0 radical (unpaired) electrons. The quantitative estimate of drug-likeness (QED) is 0.442. The second-order valence-electron chi connectivity index (χ2n) is 8.62. The zero-order valence-corrected chi connectivity index (χ0v) is 18.1. The first-order valence-electron chi connectivity index (χ1n) is 10.9. The highest BCUT2D eigenvalue weighted by molar-refractivity contribution is 5.95. The van der Waals surface area contributed by atoms with Crippen LogP contribution >= 0.6 is 0 Å². The minimum absolute atomic E-state index is 0.0709. The third kappa shape index (κ3) is 3.61. The molecule has 0 aliphatic carbocycles. The standard InChI is InChI=1S/C22H26N8O2/c1-13(2)11-23-21(31)19-27-17-18(28-19)24-12-25-20(17)29-9-7-14(8-10-29)30-16-6-4-3-5-15(16)26-22(30)32/h3-6,12-14H,7-11H2,1-2H3,(H,23,31)(H,26,32)(H,24,25,27,28). The van der Waals surface area contributed by atoms with Gasteiger partial charge in [-0.2, -0.15) is 0 Å². The number of aromatic nitrogens is 6. The largest absolute Gasteiger partial charge is 0.355 e. The Kier molecular flexibility index (Phi) is 5.12. The van der Waals surface area contributed by atoms with Crippen molar-refractivity contribution in [1.82, 2.24) is 34.8 Å². The molecule has 32 heavy (non-hydrogen) atoms. The highest BCUT2D eigenvalue weighted by atomic mass is 16.2. The predicted molar refractivity (Wildman–Crippen MR) is 122 cm³/mol. The molecule has 1 aromatic carbocycles. The Morgan fingerprint density at radius 1 is 1.19 bits per heavy atom. The number of hydrogen-bond acceptors (Lipinski definition) is 6. The number of fused-ring (bicyclic) bond motifs is 2. The SMILES string of the molecule is CC(C)CNC(=O)c1nc2c(N3CCC(n4c(=O)[nH]c5ccccc54)CC3)ncnc2[nH]1. The van der Waals surface area contributed by atoms with E-state index in [1.54, 1.807) is 0 Å².